The monoisotopic (exact) mass is 190 g/mol. The molecule has 12 heavy (non-hydrogen) atoms. The highest BCUT2D eigenvalue weighted by molar-refractivity contribution is 6.57. The minimum Gasteiger partial charge on any atom is -0.461 e. The molecule has 5 heteroatoms. The first-order valence-electron chi connectivity index (χ1n) is 3.38. The van der Waals surface area contributed by atoms with Crippen LogP contribution in [0.25, 0.3) is 0 Å². The summed E-state index contributed by atoms with van der Waals surface area (Å²) >= 11 is 5.53. The van der Waals surface area contributed by atoms with Crippen molar-refractivity contribution in [2.24, 2.45) is 5.73 Å². The summed E-state index contributed by atoms with van der Waals surface area (Å²) in [6.07, 6.45) is 0. The molecule has 0 saturated heterocycles. The predicted octanol–water partition coefficient (Wildman–Crippen LogP) is 0.998. The maximum absolute atomic E-state index is 10.9. The smallest absolute Gasteiger partial charge is 0.357 e. The fraction of sp³-hybridized carbons (Fsp3) is 0.429. The molecule has 0 spiro atoms. The van der Waals surface area contributed by atoms with E-state index in [-0.39, 0.29) is 17.3 Å². The quantitative estimate of drug-likeness (QED) is 0.515. The van der Waals surface area contributed by atoms with Crippen LogP contribution in [0.5, 0.6) is 0 Å². The summed E-state index contributed by atoms with van der Waals surface area (Å²) in [7, 11) is 0. The molecule has 0 bridgehead atoms. The summed E-state index contributed by atoms with van der Waals surface area (Å²) in [6.45, 7) is 3.38. The zero-order valence-corrected chi connectivity index (χ0v) is 7.73. The first kappa shape index (κ1) is 11.0. The summed E-state index contributed by atoms with van der Waals surface area (Å²) in [4.78, 5) is 10.9. The van der Waals surface area contributed by atoms with E-state index in [9.17, 15) is 4.79 Å². The molecule has 0 aromatic heterocycles. The van der Waals surface area contributed by atoms with Gasteiger partial charge in [-0.2, -0.15) is 0 Å². The first-order valence-corrected chi connectivity index (χ1v) is 3.76. The second kappa shape index (κ2) is 4.77. The molecular weight excluding hydrogens is 180 g/mol. The second-order valence-electron chi connectivity index (χ2n) is 2.09. The number of carbonyl (C=O) groups excluding carboxylic acids is 1. The minimum atomic E-state index is -0.757. The summed E-state index contributed by atoms with van der Waals surface area (Å²) in [5, 5.41) is 7.13. The maximum atomic E-state index is 10.9. The number of esters is 1. The summed E-state index contributed by atoms with van der Waals surface area (Å²) in [6, 6.07) is 0. The largest absolute Gasteiger partial charge is 0.461 e. The van der Waals surface area contributed by atoms with Crippen LogP contribution in [0, 0.1) is 5.41 Å². The molecule has 0 aromatic carbocycles. The van der Waals surface area contributed by atoms with E-state index in [2.05, 4.69) is 4.74 Å². The van der Waals surface area contributed by atoms with Gasteiger partial charge >= 0.3 is 5.97 Å². The predicted molar refractivity (Wildman–Crippen MR) is 47.1 cm³/mol. The van der Waals surface area contributed by atoms with Crippen LogP contribution in [0.2, 0.25) is 0 Å². The van der Waals surface area contributed by atoms with Crippen molar-refractivity contribution in [1.82, 2.24) is 0 Å². The Bertz CT molecular complexity index is 232. The van der Waals surface area contributed by atoms with Gasteiger partial charge in [-0.25, -0.2) is 4.79 Å². The SMILES string of the molecule is CCOC(=O)C(=N)/C(Cl)=C(/C)N. The van der Waals surface area contributed by atoms with E-state index in [0.717, 1.165) is 0 Å². The number of rotatable bonds is 3. The van der Waals surface area contributed by atoms with Crippen molar-refractivity contribution in [2.75, 3.05) is 6.61 Å². The zero-order valence-electron chi connectivity index (χ0n) is 6.98. The van der Waals surface area contributed by atoms with Gasteiger partial charge in [0.15, 0.2) is 5.71 Å². The second-order valence-corrected chi connectivity index (χ2v) is 2.47. The van der Waals surface area contributed by atoms with Gasteiger partial charge in [-0.05, 0) is 13.8 Å². The average Bonchev–Trinajstić information content (AvgIpc) is 2.02. The standard InChI is InChI=1S/C7H11ClN2O2/c1-3-12-7(11)6(10)5(8)4(2)9/h10H,3,9H2,1-2H3/b5-4+,10-6?. The molecule has 0 aliphatic rings. The van der Waals surface area contributed by atoms with Crippen molar-refractivity contribution in [2.45, 2.75) is 13.8 Å². The lowest BCUT2D eigenvalue weighted by Crippen LogP contribution is -2.18. The Morgan fingerprint density at radius 2 is 2.17 bits per heavy atom. The minimum absolute atomic E-state index is 0.0616. The molecule has 0 fully saturated rings. The maximum Gasteiger partial charge on any atom is 0.357 e. The van der Waals surface area contributed by atoms with E-state index in [1.165, 1.54) is 6.92 Å². The molecule has 0 saturated carbocycles. The number of nitrogens with two attached hydrogens (primary N) is 1. The number of nitrogens with one attached hydrogen (secondary N) is 1. The van der Waals surface area contributed by atoms with Crippen molar-refractivity contribution < 1.29 is 9.53 Å². The van der Waals surface area contributed by atoms with Gasteiger partial charge in [-0.15, -0.1) is 0 Å². The van der Waals surface area contributed by atoms with Crippen molar-refractivity contribution in [3.63, 3.8) is 0 Å². The molecule has 0 rings (SSSR count). The Balaban J connectivity index is 4.41. The van der Waals surface area contributed by atoms with Crippen molar-refractivity contribution >= 4 is 23.3 Å². The van der Waals surface area contributed by atoms with Crippen LogP contribution in [-0.2, 0) is 9.53 Å². The van der Waals surface area contributed by atoms with E-state index >= 15 is 0 Å². The lowest BCUT2D eigenvalue weighted by Gasteiger charge is -2.02. The van der Waals surface area contributed by atoms with Gasteiger partial charge in [-0.1, -0.05) is 11.6 Å². The van der Waals surface area contributed by atoms with Gasteiger partial charge in [-0.3, -0.25) is 5.41 Å². The summed E-state index contributed by atoms with van der Waals surface area (Å²) in [5.74, 6) is -0.757. The molecule has 3 N–H and O–H groups in total. The van der Waals surface area contributed by atoms with Crippen LogP contribution >= 0.6 is 11.6 Å². The van der Waals surface area contributed by atoms with E-state index in [1.54, 1.807) is 6.92 Å². The Morgan fingerprint density at radius 3 is 2.50 bits per heavy atom. The highest BCUT2D eigenvalue weighted by Gasteiger charge is 2.14. The topological polar surface area (TPSA) is 76.2 Å². The van der Waals surface area contributed by atoms with Crippen molar-refractivity contribution in [3.05, 3.63) is 10.7 Å². The van der Waals surface area contributed by atoms with Gasteiger partial charge in [0.1, 0.15) is 0 Å². The molecule has 0 aliphatic carbocycles. The number of hydrogen-bond donors (Lipinski definition) is 2. The fourth-order valence-corrected chi connectivity index (χ4v) is 0.567. The normalized spacial score (nSPS) is 11.9. The van der Waals surface area contributed by atoms with Gasteiger partial charge in [0, 0.05) is 5.70 Å². The highest BCUT2D eigenvalue weighted by Crippen LogP contribution is 2.07. The average molecular weight is 191 g/mol. The third-order valence-corrected chi connectivity index (χ3v) is 1.53. The van der Waals surface area contributed by atoms with E-state index in [0.29, 0.717) is 0 Å². The Labute approximate surface area is 75.8 Å². The molecule has 0 radical (unpaired) electrons. The Kier molecular flexibility index (Phi) is 4.36. The van der Waals surface area contributed by atoms with E-state index in [1.807, 2.05) is 0 Å². The Morgan fingerprint density at radius 1 is 1.67 bits per heavy atom. The summed E-state index contributed by atoms with van der Waals surface area (Å²) < 4.78 is 4.54. The lowest BCUT2D eigenvalue weighted by atomic mass is 10.3. The molecular formula is C7H11ClN2O2. The molecule has 4 nitrogen and oxygen atoms in total. The zero-order chi connectivity index (χ0) is 9.72. The third-order valence-electron chi connectivity index (χ3n) is 1.05. The molecule has 0 atom stereocenters. The van der Waals surface area contributed by atoms with Crippen molar-refractivity contribution in [3.8, 4) is 0 Å². The van der Waals surface area contributed by atoms with Crippen molar-refractivity contribution in [1.29, 1.82) is 5.41 Å². The molecule has 0 unspecified atom stereocenters. The number of halogens is 1. The van der Waals surface area contributed by atoms with Crippen LogP contribution in [0.3, 0.4) is 0 Å². The fourth-order valence-electron chi connectivity index (χ4n) is 0.490. The lowest BCUT2D eigenvalue weighted by molar-refractivity contribution is -0.135. The first-order chi connectivity index (χ1) is 5.50. The Hall–Kier alpha value is -1.03. The summed E-state index contributed by atoms with van der Waals surface area (Å²) in [5.41, 5.74) is 5.10. The highest BCUT2D eigenvalue weighted by atomic mass is 35.5. The number of ether oxygens (including phenoxy) is 1. The third kappa shape index (κ3) is 2.92. The number of carbonyl (C=O) groups is 1. The molecule has 0 amide bonds. The molecule has 68 valence electrons. The van der Waals surface area contributed by atoms with Gasteiger partial charge in [0.25, 0.3) is 0 Å². The van der Waals surface area contributed by atoms with Crippen LogP contribution in [0.1, 0.15) is 13.8 Å². The molecule has 0 aliphatic heterocycles. The van der Waals surface area contributed by atoms with Crippen LogP contribution in [-0.4, -0.2) is 18.3 Å². The number of allylic oxidation sites excluding steroid dienone is 1. The van der Waals surface area contributed by atoms with Crippen LogP contribution in [0.15, 0.2) is 10.7 Å². The van der Waals surface area contributed by atoms with Gasteiger partial charge in [0.05, 0.1) is 11.6 Å². The molecule has 0 heterocycles. The van der Waals surface area contributed by atoms with E-state index in [4.69, 9.17) is 22.7 Å². The van der Waals surface area contributed by atoms with Crippen LogP contribution in [0.4, 0.5) is 0 Å². The van der Waals surface area contributed by atoms with Gasteiger partial charge in [0.2, 0.25) is 0 Å². The van der Waals surface area contributed by atoms with E-state index < -0.39 is 11.7 Å². The molecule has 0 aromatic rings. The number of hydrogen-bond acceptors (Lipinski definition) is 4. The van der Waals surface area contributed by atoms with Gasteiger partial charge < -0.3 is 10.5 Å². The van der Waals surface area contributed by atoms with Crippen LogP contribution < -0.4 is 5.73 Å².